The summed E-state index contributed by atoms with van der Waals surface area (Å²) >= 11 is 6.02. The summed E-state index contributed by atoms with van der Waals surface area (Å²) < 4.78 is 6.54. The Hall–Kier alpha value is -1.59. The van der Waals surface area contributed by atoms with E-state index in [2.05, 4.69) is 10.3 Å². The molecule has 96 valence electrons. The second kappa shape index (κ2) is 5.84. The van der Waals surface area contributed by atoms with E-state index in [1.807, 2.05) is 24.3 Å². The first-order valence-corrected chi connectivity index (χ1v) is 5.96. The molecule has 5 nitrogen and oxygen atoms in total. The Morgan fingerprint density at radius 2 is 2.28 bits per heavy atom. The van der Waals surface area contributed by atoms with Crippen LogP contribution in [0.2, 0.25) is 5.28 Å². The number of amides is 1. The zero-order valence-corrected chi connectivity index (χ0v) is 10.8. The third-order valence-electron chi connectivity index (χ3n) is 2.54. The number of para-hydroxylation sites is 2. The van der Waals surface area contributed by atoms with Gasteiger partial charge in [0, 0.05) is 13.7 Å². The number of hydrogen-bond acceptors (Lipinski definition) is 3. The minimum Gasteiger partial charge on any atom is -0.383 e. The first kappa shape index (κ1) is 12.9. The third kappa shape index (κ3) is 2.80. The standard InChI is InChI=1S/C12H14ClN3O2/c1-18-7-6-14-11(17)8-16-10-5-3-2-4-9(10)15-12(16)13/h2-5H,6-8H2,1H3,(H,14,17). The average Bonchev–Trinajstić information content (AvgIpc) is 2.67. The van der Waals surface area contributed by atoms with Gasteiger partial charge in [0.15, 0.2) is 0 Å². The largest absolute Gasteiger partial charge is 0.383 e. The lowest BCUT2D eigenvalue weighted by atomic mass is 10.3. The van der Waals surface area contributed by atoms with Crippen LogP contribution in [0.4, 0.5) is 0 Å². The quantitative estimate of drug-likeness (QED) is 0.835. The van der Waals surface area contributed by atoms with Gasteiger partial charge in [0.2, 0.25) is 11.2 Å². The molecule has 0 bridgehead atoms. The Bertz CT molecular complexity index is 553. The summed E-state index contributed by atoms with van der Waals surface area (Å²) in [6, 6.07) is 7.52. The van der Waals surface area contributed by atoms with Crippen molar-refractivity contribution in [3.63, 3.8) is 0 Å². The van der Waals surface area contributed by atoms with E-state index in [4.69, 9.17) is 16.3 Å². The molecule has 1 heterocycles. The van der Waals surface area contributed by atoms with Crippen molar-refractivity contribution in [2.24, 2.45) is 0 Å². The van der Waals surface area contributed by atoms with Gasteiger partial charge in [0.25, 0.3) is 0 Å². The maximum absolute atomic E-state index is 11.7. The van der Waals surface area contributed by atoms with E-state index in [0.717, 1.165) is 11.0 Å². The molecule has 1 aromatic heterocycles. The van der Waals surface area contributed by atoms with E-state index in [0.29, 0.717) is 18.4 Å². The summed E-state index contributed by atoms with van der Waals surface area (Å²) in [4.78, 5) is 15.9. The molecule has 0 atom stereocenters. The van der Waals surface area contributed by atoms with Crippen LogP contribution in [-0.2, 0) is 16.1 Å². The zero-order chi connectivity index (χ0) is 13.0. The molecule has 0 saturated carbocycles. The second-order valence-electron chi connectivity index (χ2n) is 3.80. The van der Waals surface area contributed by atoms with Gasteiger partial charge < -0.3 is 14.6 Å². The number of imidazole rings is 1. The number of hydrogen-bond donors (Lipinski definition) is 1. The third-order valence-corrected chi connectivity index (χ3v) is 2.83. The number of ether oxygens (including phenoxy) is 1. The molecule has 2 rings (SSSR count). The van der Waals surface area contributed by atoms with Gasteiger partial charge in [-0.15, -0.1) is 0 Å². The van der Waals surface area contributed by atoms with Gasteiger partial charge in [-0.2, -0.15) is 0 Å². The highest BCUT2D eigenvalue weighted by Crippen LogP contribution is 2.18. The van der Waals surface area contributed by atoms with Gasteiger partial charge in [-0.1, -0.05) is 12.1 Å². The number of nitrogens with one attached hydrogen (secondary N) is 1. The number of rotatable bonds is 5. The SMILES string of the molecule is COCCNC(=O)Cn1c(Cl)nc2ccccc21. The summed E-state index contributed by atoms with van der Waals surface area (Å²) in [5, 5.41) is 3.06. The first-order chi connectivity index (χ1) is 8.72. The predicted octanol–water partition coefficient (Wildman–Crippen LogP) is 1.45. The van der Waals surface area contributed by atoms with Crippen molar-refractivity contribution in [3.8, 4) is 0 Å². The molecule has 0 aliphatic heterocycles. The highest BCUT2D eigenvalue weighted by molar-refractivity contribution is 6.29. The molecule has 1 N–H and O–H groups in total. The van der Waals surface area contributed by atoms with Crippen LogP contribution < -0.4 is 5.32 Å². The molecule has 0 unspecified atom stereocenters. The fourth-order valence-electron chi connectivity index (χ4n) is 1.69. The van der Waals surface area contributed by atoms with Crippen molar-refractivity contribution in [2.75, 3.05) is 20.3 Å². The predicted molar refractivity (Wildman–Crippen MR) is 69.6 cm³/mol. The summed E-state index contributed by atoms with van der Waals surface area (Å²) in [6.45, 7) is 1.13. The van der Waals surface area contributed by atoms with Gasteiger partial charge in [-0.05, 0) is 23.7 Å². The number of methoxy groups -OCH3 is 1. The molecule has 0 aliphatic rings. The van der Waals surface area contributed by atoms with Crippen molar-refractivity contribution in [1.29, 1.82) is 0 Å². The number of fused-ring (bicyclic) bond motifs is 1. The summed E-state index contributed by atoms with van der Waals surface area (Å²) in [5.41, 5.74) is 1.64. The van der Waals surface area contributed by atoms with Crippen molar-refractivity contribution >= 4 is 28.5 Å². The van der Waals surface area contributed by atoms with E-state index in [1.54, 1.807) is 11.7 Å². The van der Waals surface area contributed by atoms with Crippen LogP contribution in [0.25, 0.3) is 11.0 Å². The number of halogens is 1. The lowest BCUT2D eigenvalue weighted by Gasteiger charge is -2.07. The van der Waals surface area contributed by atoms with E-state index in [9.17, 15) is 4.79 Å². The molecular formula is C12H14ClN3O2. The molecule has 0 saturated heterocycles. The van der Waals surface area contributed by atoms with Gasteiger partial charge in [0.1, 0.15) is 6.54 Å². The minimum atomic E-state index is -0.114. The molecule has 0 aliphatic carbocycles. The first-order valence-electron chi connectivity index (χ1n) is 5.59. The van der Waals surface area contributed by atoms with Gasteiger partial charge in [-0.3, -0.25) is 4.79 Å². The van der Waals surface area contributed by atoms with Crippen LogP contribution in [0.5, 0.6) is 0 Å². The molecule has 2 aromatic rings. The van der Waals surface area contributed by atoms with Crippen LogP contribution in [0, 0.1) is 0 Å². The van der Waals surface area contributed by atoms with Crippen LogP contribution in [0.1, 0.15) is 0 Å². The highest BCUT2D eigenvalue weighted by Gasteiger charge is 2.11. The lowest BCUT2D eigenvalue weighted by Crippen LogP contribution is -2.30. The van der Waals surface area contributed by atoms with Gasteiger partial charge in [0.05, 0.1) is 17.6 Å². The van der Waals surface area contributed by atoms with E-state index < -0.39 is 0 Å². The lowest BCUT2D eigenvalue weighted by molar-refractivity contribution is -0.121. The van der Waals surface area contributed by atoms with Crippen LogP contribution >= 0.6 is 11.6 Å². The fraction of sp³-hybridized carbons (Fsp3) is 0.333. The van der Waals surface area contributed by atoms with Gasteiger partial charge in [-0.25, -0.2) is 4.98 Å². The Morgan fingerprint density at radius 1 is 1.50 bits per heavy atom. The minimum absolute atomic E-state index is 0.114. The zero-order valence-electron chi connectivity index (χ0n) is 10.0. The topological polar surface area (TPSA) is 56.1 Å². The molecule has 0 radical (unpaired) electrons. The molecular weight excluding hydrogens is 254 g/mol. The normalized spacial score (nSPS) is 10.8. The Balaban J connectivity index is 2.11. The Morgan fingerprint density at radius 3 is 3.06 bits per heavy atom. The van der Waals surface area contributed by atoms with Gasteiger partial charge >= 0.3 is 0 Å². The van der Waals surface area contributed by atoms with E-state index in [1.165, 1.54) is 0 Å². The number of nitrogens with zero attached hydrogens (tertiary/aromatic N) is 2. The molecule has 6 heteroatoms. The Labute approximate surface area is 110 Å². The van der Waals surface area contributed by atoms with Crippen molar-refractivity contribution < 1.29 is 9.53 Å². The van der Waals surface area contributed by atoms with Crippen LogP contribution in [0.3, 0.4) is 0 Å². The average molecular weight is 268 g/mol. The summed E-state index contributed by atoms with van der Waals surface area (Å²) in [5.74, 6) is -0.114. The number of benzene rings is 1. The second-order valence-corrected chi connectivity index (χ2v) is 4.14. The van der Waals surface area contributed by atoms with E-state index in [-0.39, 0.29) is 12.5 Å². The fourth-order valence-corrected chi connectivity index (χ4v) is 1.93. The Kier molecular flexibility index (Phi) is 4.17. The molecule has 18 heavy (non-hydrogen) atoms. The number of carbonyl (C=O) groups is 1. The smallest absolute Gasteiger partial charge is 0.240 e. The maximum Gasteiger partial charge on any atom is 0.240 e. The molecule has 0 fully saturated rings. The van der Waals surface area contributed by atoms with Crippen LogP contribution in [0.15, 0.2) is 24.3 Å². The summed E-state index contributed by atoms with van der Waals surface area (Å²) in [7, 11) is 1.59. The monoisotopic (exact) mass is 267 g/mol. The maximum atomic E-state index is 11.7. The number of carbonyl (C=O) groups excluding carboxylic acids is 1. The molecule has 1 aromatic carbocycles. The van der Waals surface area contributed by atoms with Crippen molar-refractivity contribution in [2.45, 2.75) is 6.54 Å². The molecule has 0 spiro atoms. The van der Waals surface area contributed by atoms with Crippen molar-refractivity contribution in [3.05, 3.63) is 29.5 Å². The highest BCUT2D eigenvalue weighted by atomic mass is 35.5. The van der Waals surface area contributed by atoms with Crippen molar-refractivity contribution in [1.82, 2.24) is 14.9 Å². The van der Waals surface area contributed by atoms with Crippen LogP contribution in [-0.4, -0.2) is 35.7 Å². The molecule has 1 amide bonds. The van der Waals surface area contributed by atoms with E-state index >= 15 is 0 Å². The number of aromatic nitrogens is 2. The summed E-state index contributed by atoms with van der Waals surface area (Å²) in [6.07, 6.45) is 0.